The Labute approximate surface area is 87.3 Å². The van der Waals surface area contributed by atoms with E-state index in [-0.39, 0.29) is 0 Å². The molecule has 0 radical (unpaired) electrons. The summed E-state index contributed by atoms with van der Waals surface area (Å²) >= 11 is 0. The van der Waals surface area contributed by atoms with Crippen LogP contribution in [-0.2, 0) is 4.79 Å². The van der Waals surface area contributed by atoms with E-state index in [0.29, 0.717) is 11.3 Å². The Hall–Kier alpha value is -1.59. The van der Waals surface area contributed by atoms with Crippen molar-refractivity contribution in [3.63, 3.8) is 0 Å². The lowest BCUT2D eigenvalue weighted by Crippen LogP contribution is -2.33. The van der Waals surface area contributed by atoms with Crippen molar-refractivity contribution in [3.05, 3.63) is 29.3 Å². The third kappa shape index (κ3) is 2.45. The number of primary amides is 1. The lowest BCUT2D eigenvalue weighted by molar-refractivity contribution is -0.131. The van der Waals surface area contributed by atoms with Gasteiger partial charge in [0.2, 0.25) is 5.91 Å². The molecule has 1 rings (SSSR count). The highest BCUT2D eigenvalue weighted by molar-refractivity contribution is 5.79. The van der Waals surface area contributed by atoms with E-state index in [1.165, 1.54) is 0 Å². The zero-order valence-corrected chi connectivity index (χ0v) is 8.34. The van der Waals surface area contributed by atoms with Gasteiger partial charge in [0.15, 0.2) is 6.10 Å². The summed E-state index contributed by atoms with van der Waals surface area (Å²) in [6.45, 7) is 1.77. The maximum Gasteiger partial charge on any atom is 0.249 e. The fraction of sp³-hybridized carbons (Fsp3) is 0.300. The highest BCUT2D eigenvalue weighted by Crippen LogP contribution is 2.21. The van der Waals surface area contributed by atoms with Crippen molar-refractivity contribution in [2.24, 2.45) is 5.73 Å². The molecule has 0 heterocycles. The molecule has 0 aliphatic heterocycles. The van der Waals surface area contributed by atoms with Crippen molar-refractivity contribution >= 4 is 11.6 Å². The molecule has 1 amide bonds. The molecule has 1 aromatic carbocycles. The molecule has 2 unspecified atom stereocenters. The number of hydrogen-bond donors (Lipinski definition) is 4. The molecule has 0 spiro atoms. The third-order valence-corrected chi connectivity index (χ3v) is 2.23. The van der Waals surface area contributed by atoms with Gasteiger partial charge in [-0.15, -0.1) is 0 Å². The van der Waals surface area contributed by atoms with E-state index in [1.54, 1.807) is 25.1 Å². The van der Waals surface area contributed by atoms with Crippen LogP contribution < -0.4 is 11.5 Å². The average molecular weight is 210 g/mol. The first kappa shape index (κ1) is 11.5. The van der Waals surface area contributed by atoms with Gasteiger partial charge < -0.3 is 21.7 Å². The Morgan fingerprint density at radius 3 is 2.47 bits per heavy atom. The summed E-state index contributed by atoms with van der Waals surface area (Å²) in [7, 11) is 0. The molecule has 0 aromatic heterocycles. The van der Waals surface area contributed by atoms with Gasteiger partial charge in [-0.3, -0.25) is 4.79 Å². The number of carbonyl (C=O) groups is 1. The zero-order chi connectivity index (χ0) is 11.6. The van der Waals surface area contributed by atoms with Crippen LogP contribution in [-0.4, -0.2) is 22.2 Å². The predicted molar refractivity (Wildman–Crippen MR) is 55.8 cm³/mol. The number of aliphatic hydroxyl groups is 2. The molecule has 6 N–H and O–H groups in total. The number of hydrogen-bond acceptors (Lipinski definition) is 4. The largest absolute Gasteiger partial charge is 0.399 e. The predicted octanol–water partition coefficient (Wildman–Crippen LogP) is -0.543. The van der Waals surface area contributed by atoms with Crippen molar-refractivity contribution in [2.75, 3.05) is 5.73 Å². The third-order valence-electron chi connectivity index (χ3n) is 2.23. The Bertz CT molecular complexity index is 379. The fourth-order valence-corrected chi connectivity index (χ4v) is 1.22. The first-order valence-corrected chi connectivity index (χ1v) is 4.45. The minimum Gasteiger partial charge on any atom is -0.399 e. The Balaban J connectivity index is 2.96. The molecule has 0 fully saturated rings. The molecule has 0 saturated carbocycles. The topological polar surface area (TPSA) is 110 Å². The first-order valence-electron chi connectivity index (χ1n) is 4.45. The summed E-state index contributed by atoms with van der Waals surface area (Å²) in [6, 6.07) is 4.74. The maximum atomic E-state index is 10.7. The summed E-state index contributed by atoms with van der Waals surface area (Å²) < 4.78 is 0. The van der Waals surface area contributed by atoms with Crippen LogP contribution in [0, 0.1) is 6.92 Å². The number of aryl methyl sites for hydroxylation is 1. The SMILES string of the molecule is Cc1cc(C(O)C(O)C(N)=O)ccc1N. The van der Waals surface area contributed by atoms with Gasteiger partial charge in [0.1, 0.15) is 6.10 Å². The van der Waals surface area contributed by atoms with Crippen LogP contribution in [0.5, 0.6) is 0 Å². The van der Waals surface area contributed by atoms with Gasteiger partial charge in [0.05, 0.1) is 0 Å². The molecule has 0 aliphatic carbocycles. The minimum atomic E-state index is -1.60. The summed E-state index contributed by atoms with van der Waals surface area (Å²) in [5, 5.41) is 18.8. The highest BCUT2D eigenvalue weighted by Gasteiger charge is 2.23. The Kier molecular flexibility index (Phi) is 3.28. The fourth-order valence-electron chi connectivity index (χ4n) is 1.22. The van der Waals surface area contributed by atoms with E-state index in [9.17, 15) is 15.0 Å². The molecular weight excluding hydrogens is 196 g/mol. The number of nitrogen functional groups attached to an aromatic ring is 1. The van der Waals surface area contributed by atoms with Crippen LogP contribution >= 0.6 is 0 Å². The van der Waals surface area contributed by atoms with E-state index in [4.69, 9.17) is 11.5 Å². The van der Waals surface area contributed by atoms with Crippen LogP contribution in [0.25, 0.3) is 0 Å². The number of aliphatic hydroxyl groups excluding tert-OH is 2. The monoisotopic (exact) mass is 210 g/mol. The van der Waals surface area contributed by atoms with Gasteiger partial charge in [0, 0.05) is 5.69 Å². The molecule has 0 bridgehead atoms. The van der Waals surface area contributed by atoms with Crippen molar-refractivity contribution in [2.45, 2.75) is 19.1 Å². The molecule has 2 atom stereocenters. The first-order chi connectivity index (χ1) is 6.93. The number of anilines is 1. The number of benzene rings is 1. The maximum absolute atomic E-state index is 10.7. The van der Waals surface area contributed by atoms with E-state index in [0.717, 1.165) is 5.56 Å². The van der Waals surface area contributed by atoms with Crippen LogP contribution in [0.1, 0.15) is 17.2 Å². The van der Waals surface area contributed by atoms with Crippen molar-refractivity contribution in [1.29, 1.82) is 0 Å². The van der Waals surface area contributed by atoms with Crippen molar-refractivity contribution in [1.82, 2.24) is 0 Å². The Morgan fingerprint density at radius 2 is 2.00 bits per heavy atom. The highest BCUT2D eigenvalue weighted by atomic mass is 16.3. The average Bonchev–Trinajstić information content (AvgIpc) is 2.19. The molecule has 1 aromatic rings. The number of amides is 1. The molecular formula is C10H14N2O3. The number of rotatable bonds is 3. The lowest BCUT2D eigenvalue weighted by atomic mass is 10.0. The molecule has 15 heavy (non-hydrogen) atoms. The van der Waals surface area contributed by atoms with Crippen LogP contribution in [0.4, 0.5) is 5.69 Å². The van der Waals surface area contributed by atoms with Crippen LogP contribution in [0.15, 0.2) is 18.2 Å². The van der Waals surface area contributed by atoms with E-state index in [1.807, 2.05) is 0 Å². The zero-order valence-electron chi connectivity index (χ0n) is 8.34. The summed E-state index contributed by atoms with van der Waals surface area (Å²) in [5.41, 5.74) is 12.2. The molecule has 5 heteroatoms. The van der Waals surface area contributed by atoms with Gasteiger partial charge in [0.25, 0.3) is 0 Å². The lowest BCUT2D eigenvalue weighted by Gasteiger charge is -2.16. The van der Waals surface area contributed by atoms with Gasteiger partial charge in [-0.1, -0.05) is 12.1 Å². The second kappa shape index (κ2) is 4.29. The van der Waals surface area contributed by atoms with E-state index < -0.39 is 18.1 Å². The molecule has 0 aliphatic rings. The smallest absolute Gasteiger partial charge is 0.249 e. The number of carbonyl (C=O) groups excluding carboxylic acids is 1. The molecule has 0 saturated heterocycles. The van der Waals surface area contributed by atoms with Crippen LogP contribution in [0.3, 0.4) is 0 Å². The van der Waals surface area contributed by atoms with Gasteiger partial charge in [-0.2, -0.15) is 0 Å². The van der Waals surface area contributed by atoms with Gasteiger partial charge in [-0.05, 0) is 24.1 Å². The second-order valence-electron chi connectivity index (χ2n) is 3.41. The van der Waals surface area contributed by atoms with Crippen molar-refractivity contribution in [3.8, 4) is 0 Å². The van der Waals surface area contributed by atoms with Gasteiger partial charge >= 0.3 is 0 Å². The summed E-state index contributed by atoms with van der Waals surface area (Å²) in [6.07, 6.45) is -2.92. The van der Waals surface area contributed by atoms with Crippen LogP contribution in [0.2, 0.25) is 0 Å². The summed E-state index contributed by atoms with van der Waals surface area (Å²) in [4.78, 5) is 10.7. The van der Waals surface area contributed by atoms with Crippen molar-refractivity contribution < 1.29 is 15.0 Å². The quantitative estimate of drug-likeness (QED) is 0.502. The number of nitrogens with two attached hydrogens (primary N) is 2. The van der Waals surface area contributed by atoms with E-state index in [2.05, 4.69) is 0 Å². The van der Waals surface area contributed by atoms with E-state index >= 15 is 0 Å². The molecule has 82 valence electrons. The standard InChI is InChI=1S/C10H14N2O3/c1-5-4-6(2-3-7(5)11)8(13)9(14)10(12)15/h2-4,8-9,13-14H,11H2,1H3,(H2,12,15). The minimum absolute atomic E-state index is 0.410. The normalized spacial score (nSPS) is 14.6. The second-order valence-corrected chi connectivity index (χ2v) is 3.41. The summed E-state index contributed by atoms with van der Waals surface area (Å²) in [5.74, 6) is -0.961. The van der Waals surface area contributed by atoms with Gasteiger partial charge in [-0.25, -0.2) is 0 Å². The Morgan fingerprint density at radius 1 is 1.40 bits per heavy atom. The molecule has 5 nitrogen and oxygen atoms in total.